The molecule has 1 aromatic carbocycles. The van der Waals surface area contributed by atoms with Gasteiger partial charge in [-0.3, -0.25) is 0 Å². The van der Waals surface area contributed by atoms with Crippen molar-refractivity contribution in [1.82, 2.24) is 10.6 Å². The summed E-state index contributed by atoms with van der Waals surface area (Å²) in [6.45, 7) is 9.37. The van der Waals surface area contributed by atoms with E-state index in [9.17, 15) is 0 Å². The molecule has 2 N–H and O–H groups in total. The van der Waals surface area contributed by atoms with Gasteiger partial charge in [0.15, 0.2) is 0 Å². The van der Waals surface area contributed by atoms with E-state index in [-0.39, 0.29) is 5.54 Å². The lowest BCUT2D eigenvalue weighted by Gasteiger charge is -2.20. The Balaban J connectivity index is 2.16. The molecule has 0 heterocycles. The number of nitrogens with one attached hydrogen (secondary N) is 2. The van der Waals surface area contributed by atoms with Gasteiger partial charge in [-0.1, -0.05) is 29.3 Å². The van der Waals surface area contributed by atoms with Gasteiger partial charge in [-0.15, -0.1) is 0 Å². The smallest absolute Gasteiger partial charge is 0.0595 e. The van der Waals surface area contributed by atoms with Crippen LogP contribution in [0.3, 0.4) is 0 Å². The summed E-state index contributed by atoms with van der Waals surface area (Å²) in [7, 11) is 0. The Kier molecular flexibility index (Phi) is 6.44. The zero-order valence-electron chi connectivity index (χ0n) is 11.3. The van der Waals surface area contributed by atoms with Gasteiger partial charge in [-0.25, -0.2) is 0 Å². The lowest BCUT2D eigenvalue weighted by Crippen LogP contribution is -2.37. The van der Waals surface area contributed by atoms with Crippen molar-refractivity contribution < 1.29 is 0 Å². The number of halogens is 2. The Bertz CT molecular complexity index is 373. The maximum atomic E-state index is 5.96. The molecule has 0 atom stereocenters. The standard InChI is InChI=1S/C14H22Cl2N2/c1-14(2,3)18-8-4-7-17-10-11-5-6-12(15)13(16)9-11/h5-6,9,17-18H,4,7-8,10H2,1-3H3. The molecule has 2 nitrogen and oxygen atoms in total. The highest BCUT2D eigenvalue weighted by molar-refractivity contribution is 6.42. The van der Waals surface area contributed by atoms with Gasteiger partial charge in [0.25, 0.3) is 0 Å². The van der Waals surface area contributed by atoms with Gasteiger partial charge >= 0.3 is 0 Å². The van der Waals surface area contributed by atoms with Gasteiger partial charge in [0.1, 0.15) is 0 Å². The van der Waals surface area contributed by atoms with Gasteiger partial charge < -0.3 is 10.6 Å². The lowest BCUT2D eigenvalue weighted by atomic mass is 10.1. The van der Waals surface area contributed by atoms with E-state index in [1.165, 1.54) is 0 Å². The van der Waals surface area contributed by atoms with Crippen LogP contribution >= 0.6 is 23.2 Å². The first-order valence-electron chi connectivity index (χ1n) is 6.28. The van der Waals surface area contributed by atoms with Crippen molar-refractivity contribution in [2.24, 2.45) is 0 Å². The van der Waals surface area contributed by atoms with Crippen molar-refractivity contribution in [1.29, 1.82) is 0 Å². The first-order chi connectivity index (χ1) is 8.38. The molecule has 0 spiro atoms. The third-order valence-electron chi connectivity index (χ3n) is 2.50. The van der Waals surface area contributed by atoms with E-state index in [1.54, 1.807) is 0 Å². The molecule has 18 heavy (non-hydrogen) atoms. The van der Waals surface area contributed by atoms with Gasteiger partial charge in [0.2, 0.25) is 0 Å². The van der Waals surface area contributed by atoms with E-state index in [2.05, 4.69) is 31.4 Å². The molecule has 0 aliphatic rings. The van der Waals surface area contributed by atoms with Crippen molar-refractivity contribution in [2.75, 3.05) is 13.1 Å². The molecule has 0 saturated carbocycles. The summed E-state index contributed by atoms with van der Waals surface area (Å²) in [4.78, 5) is 0. The van der Waals surface area contributed by atoms with Crippen molar-refractivity contribution in [2.45, 2.75) is 39.3 Å². The normalized spacial score (nSPS) is 11.8. The second kappa shape index (κ2) is 7.34. The van der Waals surface area contributed by atoms with E-state index >= 15 is 0 Å². The molecule has 0 unspecified atom stereocenters. The second-order valence-corrected chi connectivity index (χ2v) is 6.27. The third-order valence-corrected chi connectivity index (χ3v) is 3.24. The van der Waals surface area contributed by atoms with E-state index < -0.39 is 0 Å². The van der Waals surface area contributed by atoms with Crippen molar-refractivity contribution in [3.63, 3.8) is 0 Å². The number of rotatable bonds is 6. The minimum absolute atomic E-state index is 0.198. The fourth-order valence-corrected chi connectivity index (χ4v) is 1.88. The fourth-order valence-electron chi connectivity index (χ4n) is 1.56. The third kappa shape index (κ3) is 6.60. The van der Waals surface area contributed by atoms with Crippen LogP contribution in [0.5, 0.6) is 0 Å². The average molecular weight is 289 g/mol. The molecule has 0 saturated heterocycles. The van der Waals surface area contributed by atoms with E-state index in [1.807, 2.05) is 18.2 Å². The molecular weight excluding hydrogens is 267 g/mol. The van der Waals surface area contributed by atoms with Crippen LogP contribution in [0.15, 0.2) is 18.2 Å². The number of benzene rings is 1. The van der Waals surface area contributed by atoms with Crippen LogP contribution in [0.4, 0.5) is 0 Å². The minimum atomic E-state index is 0.198. The summed E-state index contributed by atoms with van der Waals surface area (Å²) in [5.74, 6) is 0. The maximum Gasteiger partial charge on any atom is 0.0595 e. The topological polar surface area (TPSA) is 24.1 Å². The first-order valence-corrected chi connectivity index (χ1v) is 7.04. The summed E-state index contributed by atoms with van der Waals surface area (Å²) >= 11 is 11.8. The highest BCUT2D eigenvalue weighted by Crippen LogP contribution is 2.22. The second-order valence-electron chi connectivity index (χ2n) is 5.46. The van der Waals surface area contributed by atoms with Crippen LogP contribution in [0.1, 0.15) is 32.8 Å². The Morgan fingerprint density at radius 2 is 1.78 bits per heavy atom. The first kappa shape index (κ1) is 15.8. The molecule has 0 bridgehead atoms. The quantitative estimate of drug-likeness (QED) is 0.777. The van der Waals surface area contributed by atoms with Crippen LogP contribution in [0.2, 0.25) is 10.0 Å². The van der Waals surface area contributed by atoms with E-state index in [4.69, 9.17) is 23.2 Å². The summed E-state index contributed by atoms with van der Waals surface area (Å²) in [6, 6.07) is 5.74. The number of hydrogen-bond acceptors (Lipinski definition) is 2. The van der Waals surface area contributed by atoms with Crippen LogP contribution < -0.4 is 10.6 Å². The molecule has 0 radical (unpaired) electrons. The van der Waals surface area contributed by atoms with Gasteiger partial charge in [0.05, 0.1) is 10.0 Å². The summed E-state index contributed by atoms with van der Waals surface area (Å²) in [5, 5.41) is 8.07. The summed E-state index contributed by atoms with van der Waals surface area (Å²) in [6.07, 6.45) is 1.11. The van der Waals surface area contributed by atoms with E-state index in [0.717, 1.165) is 31.6 Å². The zero-order valence-corrected chi connectivity index (χ0v) is 12.8. The highest BCUT2D eigenvalue weighted by Gasteiger charge is 2.06. The Labute approximate surface area is 120 Å². The van der Waals surface area contributed by atoms with Crippen LogP contribution in [-0.2, 0) is 6.54 Å². The molecular formula is C14H22Cl2N2. The Morgan fingerprint density at radius 1 is 1.06 bits per heavy atom. The predicted octanol–water partition coefficient (Wildman–Crippen LogP) is 3.86. The Morgan fingerprint density at radius 3 is 2.39 bits per heavy atom. The van der Waals surface area contributed by atoms with E-state index in [0.29, 0.717) is 10.0 Å². The van der Waals surface area contributed by atoms with Crippen molar-refractivity contribution >= 4 is 23.2 Å². The molecule has 1 aromatic rings. The fraction of sp³-hybridized carbons (Fsp3) is 0.571. The molecule has 0 fully saturated rings. The van der Waals surface area contributed by atoms with Crippen molar-refractivity contribution in [3.8, 4) is 0 Å². The lowest BCUT2D eigenvalue weighted by molar-refractivity contribution is 0.418. The molecule has 102 valence electrons. The van der Waals surface area contributed by atoms with Gasteiger partial charge in [-0.2, -0.15) is 0 Å². The van der Waals surface area contributed by atoms with Crippen LogP contribution in [-0.4, -0.2) is 18.6 Å². The molecule has 0 aliphatic heterocycles. The van der Waals surface area contributed by atoms with Gasteiger partial charge in [-0.05, 0) is 58.0 Å². The molecule has 0 amide bonds. The molecule has 4 heteroatoms. The van der Waals surface area contributed by atoms with Crippen LogP contribution in [0.25, 0.3) is 0 Å². The number of hydrogen-bond donors (Lipinski definition) is 2. The SMILES string of the molecule is CC(C)(C)NCCCNCc1ccc(Cl)c(Cl)c1. The summed E-state index contributed by atoms with van der Waals surface area (Å²) in [5.41, 5.74) is 1.36. The minimum Gasteiger partial charge on any atom is -0.313 e. The predicted molar refractivity (Wildman–Crippen MR) is 80.5 cm³/mol. The summed E-state index contributed by atoms with van der Waals surface area (Å²) < 4.78 is 0. The maximum absolute atomic E-state index is 5.96. The van der Waals surface area contributed by atoms with Crippen molar-refractivity contribution in [3.05, 3.63) is 33.8 Å². The average Bonchev–Trinajstić information content (AvgIpc) is 2.26. The molecule has 1 rings (SSSR count). The molecule has 0 aliphatic carbocycles. The monoisotopic (exact) mass is 288 g/mol. The largest absolute Gasteiger partial charge is 0.313 e. The highest BCUT2D eigenvalue weighted by atomic mass is 35.5. The van der Waals surface area contributed by atoms with Gasteiger partial charge in [0, 0.05) is 12.1 Å². The Hall–Kier alpha value is -0.280. The zero-order chi connectivity index (χ0) is 13.6. The molecule has 0 aromatic heterocycles. The van der Waals surface area contributed by atoms with Crippen LogP contribution in [0, 0.1) is 0 Å².